The number of allylic oxidation sites excluding steroid dienone is 2. The normalized spacial score (nSPS) is 17.8. The van der Waals surface area contributed by atoms with Crippen LogP contribution < -0.4 is 5.32 Å². The van der Waals surface area contributed by atoms with Gasteiger partial charge in [-0.1, -0.05) is 30.4 Å². The van der Waals surface area contributed by atoms with Gasteiger partial charge in [-0.3, -0.25) is 5.10 Å². The quantitative estimate of drug-likeness (QED) is 0.693. The van der Waals surface area contributed by atoms with E-state index in [4.69, 9.17) is 0 Å². The van der Waals surface area contributed by atoms with Gasteiger partial charge in [0.15, 0.2) is 5.69 Å². The van der Waals surface area contributed by atoms with E-state index in [1.807, 2.05) is 30.5 Å². The van der Waals surface area contributed by atoms with Crippen molar-refractivity contribution in [1.29, 1.82) is 0 Å². The minimum absolute atomic E-state index is 0.355. The summed E-state index contributed by atoms with van der Waals surface area (Å²) < 4.78 is 39.1. The first kappa shape index (κ1) is 15.0. The summed E-state index contributed by atoms with van der Waals surface area (Å²) in [6.07, 6.45) is 1.13. The molecule has 2 aromatic heterocycles. The number of nitrogens with zero attached hydrogens (tertiary/aromatic N) is 1. The highest BCUT2D eigenvalue weighted by molar-refractivity contribution is 7.20. The summed E-state index contributed by atoms with van der Waals surface area (Å²) in [7, 11) is 0. The van der Waals surface area contributed by atoms with Gasteiger partial charge in [-0.05, 0) is 23.6 Å². The molecule has 24 heavy (non-hydrogen) atoms. The van der Waals surface area contributed by atoms with E-state index in [9.17, 15) is 13.2 Å². The van der Waals surface area contributed by atoms with Crippen LogP contribution in [0.15, 0.2) is 54.8 Å². The number of thiophene rings is 1. The van der Waals surface area contributed by atoms with Gasteiger partial charge < -0.3 is 5.32 Å². The summed E-state index contributed by atoms with van der Waals surface area (Å²) in [5.74, 6) is 0. The highest BCUT2D eigenvalue weighted by Gasteiger charge is 2.34. The Balaban J connectivity index is 1.55. The average molecular weight is 347 g/mol. The van der Waals surface area contributed by atoms with E-state index < -0.39 is 11.9 Å². The summed E-state index contributed by atoms with van der Waals surface area (Å²) in [5.41, 5.74) is 0.472. The van der Waals surface area contributed by atoms with Gasteiger partial charge in [0.1, 0.15) is 0 Å². The average Bonchev–Trinajstić information content (AvgIpc) is 3.21. The zero-order chi connectivity index (χ0) is 16.7. The lowest BCUT2D eigenvalue weighted by Gasteiger charge is -2.16. The van der Waals surface area contributed by atoms with Crippen LogP contribution in [0.2, 0.25) is 0 Å². The number of alkyl halides is 3. The third-order valence-electron chi connectivity index (χ3n) is 3.82. The fourth-order valence-electron chi connectivity index (χ4n) is 2.60. The van der Waals surface area contributed by atoms with Crippen LogP contribution >= 0.6 is 11.3 Å². The van der Waals surface area contributed by atoms with Gasteiger partial charge in [0, 0.05) is 21.4 Å². The van der Waals surface area contributed by atoms with Gasteiger partial charge in [-0.2, -0.15) is 18.3 Å². The third kappa shape index (κ3) is 2.71. The summed E-state index contributed by atoms with van der Waals surface area (Å²) in [6, 6.07) is 10.9. The van der Waals surface area contributed by atoms with Crippen molar-refractivity contribution < 1.29 is 13.2 Å². The molecule has 1 aromatic carbocycles. The van der Waals surface area contributed by atoms with E-state index in [1.165, 1.54) is 10.1 Å². The summed E-state index contributed by atoms with van der Waals surface area (Å²) in [6.45, 7) is 0. The first-order chi connectivity index (χ1) is 11.5. The van der Waals surface area contributed by atoms with Crippen molar-refractivity contribution >= 4 is 27.0 Å². The Morgan fingerprint density at radius 1 is 1.12 bits per heavy atom. The Kier molecular flexibility index (Phi) is 3.45. The largest absolute Gasteiger partial charge is 0.435 e. The van der Waals surface area contributed by atoms with Crippen molar-refractivity contribution in [3.8, 4) is 0 Å². The van der Waals surface area contributed by atoms with Crippen molar-refractivity contribution in [3.05, 3.63) is 71.0 Å². The predicted octanol–water partition coefficient (Wildman–Crippen LogP) is 4.88. The minimum Gasteiger partial charge on any atom is -0.379 e. The van der Waals surface area contributed by atoms with Crippen LogP contribution in [0.4, 0.5) is 13.2 Å². The lowest BCUT2D eigenvalue weighted by molar-refractivity contribution is -0.141. The number of H-pyrrole nitrogens is 1. The Labute approximate surface area is 139 Å². The molecule has 4 rings (SSSR count). The third-order valence-corrected chi connectivity index (χ3v) is 4.99. The number of hydrogen-bond donors (Lipinski definition) is 2. The van der Waals surface area contributed by atoms with Crippen molar-refractivity contribution in [2.75, 3.05) is 0 Å². The zero-order valence-corrected chi connectivity index (χ0v) is 13.1. The maximum atomic E-state index is 12.6. The van der Waals surface area contributed by atoms with Gasteiger partial charge in [0.2, 0.25) is 0 Å². The molecule has 0 spiro atoms. The van der Waals surface area contributed by atoms with Crippen LogP contribution in [0.3, 0.4) is 0 Å². The second kappa shape index (κ2) is 5.52. The molecule has 0 radical (unpaired) electrons. The molecule has 2 N–H and O–H groups in total. The van der Waals surface area contributed by atoms with E-state index in [1.54, 1.807) is 11.3 Å². The molecule has 7 heteroatoms. The number of nitrogens with one attached hydrogen (secondary N) is 2. The molecule has 3 aromatic rings. The molecule has 122 valence electrons. The number of hydrogen-bond acceptors (Lipinski definition) is 3. The van der Waals surface area contributed by atoms with E-state index in [-0.39, 0.29) is 6.04 Å². The van der Waals surface area contributed by atoms with Crippen LogP contribution in [0.1, 0.15) is 22.3 Å². The van der Waals surface area contributed by atoms with Crippen molar-refractivity contribution in [2.24, 2.45) is 0 Å². The standard InChI is InChI=1S/C17H12F3N3S/c18-17(19,20)16-8-13(22-23-16)12-6-5-11(9-21-12)15-7-10-3-1-2-4-14(10)24-15/h1-9,12,21H,(H,22,23). The highest BCUT2D eigenvalue weighted by atomic mass is 32.1. The summed E-state index contributed by atoms with van der Waals surface area (Å²) in [4.78, 5) is 1.11. The van der Waals surface area contributed by atoms with Gasteiger partial charge in [0.25, 0.3) is 0 Å². The highest BCUT2D eigenvalue weighted by Crippen LogP contribution is 2.34. The minimum atomic E-state index is -4.44. The van der Waals surface area contributed by atoms with Crippen LogP contribution in [0.5, 0.6) is 0 Å². The fourth-order valence-corrected chi connectivity index (χ4v) is 3.65. The number of fused-ring (bicyclic) bond motifs is 1. The van der Waals surface area contributed by atoms with E-state index in [2.05, 4.69) is 33.7 Å². The molecular formula is C17H12F3N3S. The molecule has 0 fully saturated rings. The van der Waals surface area contributed by atoms with E-state index in [0.29, 0.717) is 5.69 Å². The Hall–Kier alpha value is -2.54. The molecule has 1 unspecified atom stereocenters. The number of rotatable bonds is 2. The first-order valence-electron chi connectivity index (χ1n) is 7.26. The van der Waals surface area contributed by atoms with E-state index >= 15 is 0 Å². The number of aromatic amines is 1. The second-order valence-corrected chi connectivity index (χ2v) is 6.54. The van der Waals surface area contributed by atoms with Gasteiger partial charge >= 0.3 is 6.18 Å². The Bertz CT molecular complexity index is 916. The predicted molar refractivity (Wildman–Crippen MR) is 88.4 cm³/mol. The number of dihydropyridines is 1. The first-order valence-corrected chi connectivity index (χ1v) is 8.08. The van der Waals surface area contributed by atoms with Crippen molar-refractivity contribution in [1.82, 2.24) is 15.5 Å². The molecule has 1 aliphatic rings. The SMILES string of the molecule is FC(F)(F)c1cc(C2C=CC(c3cc4ccccc4s3)=CN2)[nH]n1. The monoisotopic (exact) mass is 347 g/mol. The van der Waals surface area contributed by atoms with Gasteiger partial charge in [-0.25, -0.2) is 0 Å². The van der Waals surface area contributed by atoms with Crippen molar-refractivity contribution in [3.63, 3.8) is 0 Å². The molecule has 3 heterocycles. The fraction of sp³-hybridized carbons (Fsp3) is 0.118. The Morgan fingerprint density at radius 2 is 1.96 bits per heavy atom. The number of benzene rings is 1. The topological polar surface area (TPSA) is 40.7 Å². The van der Waals surface area contributed by atoms with E-state index in [0.717, 1.165) is 16.5 Å². The maximum absolute atomic E-state index is 12.6. The van der Waals surface area contributed by atoms with Crippen LogP contribution in [0, 0.1) is 0 Å². The summed E-state index contributed by atoms with van der Waals surface area (Å²) in [5, 5.41) is 10.1. The van der Waals surface area contributed by atoms with Gasteiger partial charge in [0.05, 0.1) is 11.7 Å². The summed E-state index contributed by atoms with van der Waals surface area (Å²) >= 11 is 1.68. The van der Waals surface area contributed by atoms with Crippen molar-refractivity contribution in [2.45, 2.75) is 12.2 Å². The molecule has 0 amide bonds. The molecule has 1 atom stereocenters. The second-order valence-electron chi connectivity index (χ2n) is 5.46. The molecule has 3 nitrogen and oxygen atoms in total. The molecule has 0 saturated heterocycles. The lowest BCUT2D eigenvalue weighted by atomic mass is 10.1. The molecule has 0 bridgehead atoms. The molecular weight excluding hydrogens is 335 g/mol. The van der Waals surface area contributed by atoms with Crippen LogP contribution in [-0.4, -0.2) is 10.2 Å². The lowest BCUT2D eigenvalue weighted by Crippen LogP contribution is -2.16. The Morgan fingerprint density at radius 3 is 2.62 bits per heavy atom. The zero-order valence-electron chi connectivity index (χ0n) is 12.3. The van der Waals surface area contributed by atoms with Crippen LogP contribution in [-0.2, 0) is 6.18 Å². The molecule has 0 saturated carbocycles. The number of halogens is 3. The molecule has 1 aliphatic heterocycles. The number of aromatic nitrogens is 2. The molecule has 0 aliphatic carbocycles. The van der Waals surface area contributed by atoms with Crippen LogP contribution in [0.25, 0.3) is 15.7 Å². The smallest absolute Gasteiger partial charge is 0.379 e. The van der Waals surface area contributed by atoms with Gasteiger partial charge in [-0.15, -0.1) is 11.3 Å². The maximum Gasteiger partial charge on any atom is 0.435 e.